The molecule has 0 fully saturated rings. The number of hydrogen-bond acceptors (Lipinski definition) is 3. The van der Waals surface area contributed by atoms with Gasteiger partial charge in [0.15, 0.2) is 0 Å². The van der Waals surface area contributed by atoms with Crippen LogP contribution in [-0.4, -0.2) is 18.6 Å². The number of hydrogen-bond donors (Lipinski definition) is 1. The fourth-order valence-corrected chi connectivity index (χ4v) is 1.49. The highest BCUT2D eigenvalue weighted by Crippen LogP contribution is 2.18. The first-order valence-corrected chi connectivity index (χ1v) is 6.02. The summed E-state index contributed by atoms with van der Waals surface area (Å²) < 4.78 is 5.05. The van der Waals surface area contributed by atoms with Gasteiger partial charge in [-0.3, -0.25) is 4.79 Å². The van der Waals surface area contributed by atoms with Crippen molar-refractivity contribution in [2.75, 3.05) is 11.9 Å². The van der Waals surface area contributed by atoms with E-state index in [0.29, 0.717) is 5.92 Å². The summed E-state index contributed by atoms with van der Waals surface area (Å²) in [5.74, 6) is 0.259. The zero-order valence-corrected chi connectivity index (χ0v) is 11.0. The zero-order valence-electron chi connectivity index (χ0n) is 11.0. The van der Waals surface area contributed by atoms with Crippen molar-refractivity contribution in [2.45, 2.75) is 39.7 Å². The summed E-state index contributed by atoms with van der Waals surface area (Å²) in [5, 5.41) is 3.07. The van der Waals surface area contributed by atoms with Crippen LogP contribution in [0.3, 0.4) is 0 Å². The Kier molecular flexibility index (Phi) is 5.01. The third kappa shape index (κ3) is 4.89. The molecule has 0 aliphatic rings. The number of carbonyl (C=O) groups is 1. The molecule has 0 bridgehead atoms. The molecule has 0 aliphatic carbocycles. The van der Waals surface area contributed by atoms with Gasteiger partial charge in [-0.25, -0.2) is 0 Å². The third-order valence-electron chi connectivity index (χ3n) is 2.36. The SMILES string of the molecule is CC(C)OC(=O)CNc1cccc(C(C)C)c1. The molecule has 1 N–H and O–H groups in total. The summed E-state index contributed by atoms with van der Waals surface area (Å²) in [6, 6.07) is 8.09. The molecule has 3 heteroatoms. The van der Waals surface area contributed by atoms with Gasteiger partial charge in [0.1, 0.15) is 6.54 Å². The first kappa shape index (κ1) is 13.6. The van der Waals surface area contributed by atoms with Crippen molar-refractivity contribution in [3.8, 4) is 0 Å². The van der Waals surface area contributed by atoms with Gasteiger partial charge in [-0.1, -0.05) is 26.0 Å². The van der Waals surface area contributed by atoms with Gasteiger partial charge >= 0.3 is 5.97 Å². The van der Waals surface area contributed by atoms with Gasteiger partial charge in [-0.2, -0.15) is 0 Å². The standard InChI is InChI=1S/C14H21NO2/c1-10(2)12-6-5-7-13(8-12)15-9-14(16)17-11(3)4/h5-8,10-11,15H,9H2,1-4H3. The molecule has 0 heterocycles. The van der Waals surface area contributed by atoms with Crippen molar-refractivity contribution in [3.05, 3.63) is 29.8 Å². The molecule has 0 saturated heterocycles. The number of carbonyl (C=O) groups excluding carboxylic acids is 1. The van der Waals surface area contributed by atoms with Crippen molar-refractivity contribution in [1.29, 1.82) is 0 Å². The molecular weight excluding hydrogens is 214 g/mol. The van der Waals surface area contributed by atoms with Gasteiger partial charge in [0.2, 0.25) is 0 Å². The van der Waals surface area contributed by atoms with E-state index in [2.05, 4.69) is 31.3 Å². The highest BCUT2D eigenvalue weighted by Gasteiger charge is 2.05. The topological polar surface area (TPSA) is 38.3 Å². The zero-order chi connectivity index (χ0) is 12.8. The minimum absolute atomic E-state index is 0.0636. The Bertz CT molecular complexity index is 372. The van der Waals surface area contributed by atoms with Gasteiger partial charge in [0.05, 0.1) is 6.10 Å². The lowest BCUT2D eigenvalue weighted by molar-refractivity contribution is -0.145. The second kappa shape index (κ2) is 6.28. The molecule has 0 spiro atoms. The maximum absolute atomic E-state index is 11.4. The first-order chi connectivity index (χ1) is 7.99. The van der Waals surface area contributed by atoms with Crippen molar-refractivity contribution >= 4 is 11.7 Å². The molecule has 0 radical (unpaired) electrons. The predicted molar refractivity (Wildman–Crippen MR) is 70.2 cm³/mol. The number of anilines is 1. The Morgan fingerprint density at radius 3 is 2.59 bits per heavy atom. The quantitative estimate of drug-likeness (QED) is 0.797. The summed E-state index contributed by atoms with van der Waals surface area (Å²) in [7, 11) is 0. The average Bonchev–Trinajstić information content (AvgIpc) is 2.26. The molecule has 1 rings (SSSR count). The fraction of sp³-hybridized carbons (Fsp3) is 0.500. The van der Waals surface area contributed by atoms with Crippen molar-refractivity contribution in [1.82, 2.24) is 0 Å². The van der Waals surface area contributed by atoms with E-state index in [9.17, 15) is 4.79 Å². The van der Waals surface area contributed by atoms with Crippen LogP contribution in [0, 0.1) is 0 Å². The van der Waals surface area contributed by atoms with E-state index in [1.807, 2.05) is 26.0 Å². The van der Waals surface area contributed by atoms with Crippen LogP contribution in [0.5, 0.6) is 0 Å². The lowest BCUT2D eigenvalue weighted by atomic mass is 10.0. The summed E-state index contributed by atoms with van der Waals surface area (Å²) in [5.41, 5.74) is 2.21. The third-order valence-corrected chi connectivity index (χ3v) is 2.36. The molecule has 0 atom stereocenters. The van der Waals surface area contributed by atoms with Gasteiger partial charge in [-0.15, -0.1) is 0 Å². The molecule has 94 valence electrons. The minimum Gasteiger partial charge on any atom is -0.462 e. The molecule has 0 aliphatic heterocycles. The van der Waals surface area contributed by atoms with Crippen molar-refractivity contribution in [3.63, 3.8) is 0 Å². The summed E-state index contributed by atoms with van der Waals surface area (Å²) in [4.78, 5) is 11.4. The van der Waals surface area contributed by atoms with E-state index in [-0.39, 0.29) is 18.6 Å². The van der Waals surface area contributed by atoms with Crippen molar-refractivity contribution < 1.29 is 9.53 Å². The Hall–Kier alpha value is -1.51. The molecular formula is C14H21NO2. The Balaban J connectivity index is 2.52. The molecule has 17 heavy (non-hydrogen) atoms. The van der Waals surface area contributed by atoms with E-state index < -0.39 is 0 Å². The van der Waals surface area contributed by atoms with E-state index >= 15 is 0 Å². The molecule has 0 amide bonds. The van der Waals surface area contributed by atoms with Gasteiger partial charge < -0.3 is 10.1 Å². The van der Waals surface area contributed by atoms with Crippen LogP contribution in [0.15, 0.2) is 24.3 Å². The number of ether oxygens (including phenoxy) is 1. The molecule has 0 aromatic heterocycles. The summed E-state index contributed by atoms with van der Waals surface area (Å²) >= 11 is 0. The van der Waals surface area contributed by atoms with E-state index in [1.165, 1.54) is 5.56 Å². The monoisotopic (exact) mass is 235 g/mol. The predicted octanol–water partition coefficient (Wildman–Crippen LogP) is 3.17. The Labute approximate surface area is 103 Å². The van der Waals surface area contributed by atoms with Gasteiger partial charge in [0, 0.05) is 5.69 Å². The normalized spacial score (nSPS) is 10.7. The first-order valence-electron chi connectivity index (χ1n) is 6.02. The van der Waals surface area contributed by atoms with Crippen LogP contribution in [0.2, 0.25) is 0 Å². The van der Waals surface area contributed by atoms with Crippen LogP contribution in [-0.2, 0) is 9.53 Å². The minimum atomic E-state index is -0.227. The maximum Gasteiger partial charge on any atom is 0.325 e. The smallest absolute Gasteiger partial charge is 0.325 e. The molecule has 0 unspecified atom stereocenters. The van der Waals surface area contributed by atoms with E-state index in [1.54, 1.807) is 0 Å². The summed E-state index contributed by atoms with van der Waals surface area (Å²) in [6.07, 6.45) is -0.0636. The largest absolute Gasteiger partial charge is 0.462 e. The van der Waals surface area contributed by atoms with Crippen LogP contribution >= 0.6 is 0 Å². The van der Waals surface area contributed by atoms with E-state index in [0.717, 1.165) is 5.69 Å². The lowest BCUT2D eigenvalue weighted by Crippen LogP contribution is -2.20. The van der Waals surface area contributed by atoms with Gasteiger partial charge in [-0.05, 0) is 37.5 Å². The molecule has 0 saturated carbocycles. The summed E-state index contributed by atoms with van der Waals surface area (Å²) in [6.45, 7) is 8.19. The Morgan fingerprint density at radius 1 is 1.29 bits per heavy atom. The molecule has 1 aromatic carbocycles. The fourth-order valence-electron chi connectivity index (χ4n) is 1.49. The van der Waals surface area contributed by atoms with Crippen molar-refractivity contribution in [2.24, 2.45) is 0 Å². The highest BCUT2D eigenvalue weighted by atomic mass is 16.5. The number of nitrogens with one attached hydrogen (secondary N) is 1. The molecule has 1 aromatic rings. The van der Waals surface area contributed by atoms with Crippen LogP contribution < -0.4 is 5.32 Å². The van der Waals surface area contributed by atoms with E-state index in [4.69, 9.17) is 4.74 Å². The maximum atomic E-state index is 11.4. The number of rotatable bonds is 5. The Morgan fingerprint density at radius 2 is 2.00 bits per heavy atom. The number of esters is 1. The lowest BCUT2D eigenvalue weighted by Gasteiger charge is -2.11. The number of benzene rings is 1. The highest BCUT2D eigenvalue weighted by molar-refractivity contribution is 5.75. The van der Waals surface area contributed by atoms with Gasteiger partial charge in [0.25, 0.3) is 0 Å². The van der Waals surface area contributed by atoms with Crippen LogP contribution in [0.1, 0.15) is 39.2 Å². The average molecular weight is 235 g/mol. The second-order valence-electron chi connectivity index (χ2n) is 4.67. The second-order valence-corrected chi connectivity index (χ2v) is 4.67. The van der Waals surface area contributed by atoms with Crippen LogP contribution in [0.25, 0.3) is 0 Å². The van der Waals surface area contributed by atoms with Crippen LogP contribution in [0.4, 0.5) is 5.69 Å². The molecule has 3 nitrogen and oxygen atoms in total.